The van der Waals surface area contributed by atoms with E-state index in [9.17, 15) is 4.79 Å². The predicted octanol–water partition coefficient (Wildman–Crippen LogP) is 7.32. The van der Waals surface area contributed by atoms with E-state index in [1.165, 1.54) is 0 Å². The van der Waals surface area contributed by atoms with Crippen molar-refractivity contribution in [2.45, 2.75) is 0 Å². The average Bonchev–Trinajstić information content (AvgIpc) is 3.48. The van der Waals surface area contributed by atoms with Gasteiger partial charge in [0, 0.05) is 22.9 Å². The molecule has 0 aliphatic heterocycles. The predicted molar refractivity (Wildman–Crippen MR) is 128 cm³/mol. The molecule has 8 heteroatoms. The highest BCUT2D eigenvalue weighted by Crippen LogP contribution is 2.30. The van der Waals surface area contributed by atoms with E-state index < -0.39 is 0 Å². The van der Waals surface area contributed by atoms with Crippen molar-refractivity contribution in [2.24, 2.45) is 0 Å². The summed E-state index contributed by atoms with van der Waals surface area (Å²) in [4.78, 5) is 17.1. The average molecular weight is 479 g/mol. The molecule has 2 heterocycles. The van der Waals surface area contributed by atoms with Gasteiger partial charge in [-0.05, 0) is 66.7 Å². The van der Waals surface area contributed by atoms with Crippen LogP contribution in [-0.4, -0.2) is 18.0 Å². The number of carbonyl (C=O) groups is 1. The van der Waals surface area contributed by atoms with Gasteiger partial charge in [0.1, 0.15) is 17.0 Å². The topological polar surface area (TPSA) is 77.5 Å². The summed E-state index contributed by atoms with van der Waals surface area (Å²) in [5.41, 5.74) is 3.48. The minimum Gasteiger partial charge on any atom is -0.497 e. The molecule has 33 heavy (non-hydrogen) atoms. The summed E-state index contributed by atoms with van der Waals surface area (Å²) in [6, 6.07) is 21.1. The second-order valence-corrected chi connectivity index (χ2v) is 7.99. The summed E-state index contributed by atoms with van der Waals surface area (Å²) < 4.78 is 16.7. The van der Waals surface area contributed by atoms with Crippen LogP contribution >= 0.6 is 23.2 Å². The molecule has 1 amide bonds. The summed E-state index contributed by atoms with van der Waals surface area (Å²) >= 11 is 12.0. The number of nitrogens with zero attached hydrogens (tertiary/aromatic N) is 1. The van der Waals surface area contributed by atoms with E-state index in [1.54, 1.807) is 49.6 Å². The first-order chi connectivity index (χ1) is 16.0. The maximum atomic E-state index is 12.6. The van der Waals surface area contributed by atoms with Gasteiger partial charge in [-0.15, -0.1) is 0 Å². The second kappa shape index (κ2) is 8.65. The van der Waals surface area contributed by atoms with Crippen LogP contribution < -0.4 is 10.1 Å². The normalized spacial score (nSPS) is 11.0. The number of hydrogen-bond donors (Lipinski definition) is 1. The molecule has 0 aliphatic rings. The number of ether oxygens (including phenoxy) is 1. The van der Waals surface area contributed by atoms with Gasteiger partial charge in [0.15, 0.2) is 11.3 Å². The maximum Gasteiger partial charge on any atom is 0.291 e. The summed E-state index contributed by atoms with van der Waals surface area (Å²) in [5.74, 6) is 1.51. The molecule has 0 saturated heterocycles. The molecule has 0 aliphatic carbocycles. The number of furan rings is 1. The number of amides is 1. The lowest BCUT2D eigenvalue weighted by Gasteiger charge is -2.04. The summed E-state index contributed by atoms with van der Waals surface area (Å²) in [6.07, 6.45) is 0. The molecule has 0 fully saturated rings. The third-order valence-corrected chi connectivity index (χ3v) is 5.76. The molecule has 0 spiro atoms. The van der Waals surface area contributed by atoms with Crippen LogP contribution in [-0.2, 0) is 0 Å². The number of carbonyl (C=O) groups excluding carboxylic acids is 1. The monoisotopic (exact) mass is 478 g/mol. The number of anilines is 1. The first-order valence-electron chi connectivity index (χ1n) is 9.92. The van der Waals surface area contributed by atoms with Crippen molar-refractivity contribution in [1.29, 1.82) is 0 Å². The number of nitrogens with one attached hydrogen (secondary N) is 1. The van der Waals surface area contributed by atoms with Crippen molar-refractivity contribution >= 4 is 45.9 Å². The Morgan fingerprint density at radius 1 is 0.879 bits per heavy atom. The van der Waals surface area contributed by atoms with Gasteiger partial charge in [-0.1, -0.05) is 23.2 Å². The van der Waals surface area contributed by atoms with Gasteiger partial charge < -0.3 is 18.9 Å². The number of oxazole rings is 1. The highest BCUT2D eigenvalue weighted by molar-refractivity contribution is 6.42. The van der Waals surface area contributed by atoms with E-state index in [2.05, 4.69) is 10.3 Å². The first-order valence-corrected chi connectivity index (χ1v) is 10.7. The minimum atomic E-state index is -0.372. The molecule has 164 valence electrons. The summed E-state index contributed by atoms with van der Waals surface area (Å²) in [5, 5.41) is 3.68. The Labute approximate surface area is 198 Å². The number of benzene rings is 3. The lowest BCUT2D eigenvalue weighted by atomic mass is 10.2. The van der Waals surface area contributed by atoms with Crippen LogP contribution in [0.15, 0.2) is 81.6 Å². The highest BCUT2D eigenvalue weighted by Gasteiger charge is 2.14. The Bertz CT molecular complexity index is 1470. The standard InChI is InChI=1S/C25H16Cl2N2O4/c1-31-17-7-9-22-20(13-17)29-25(33-22)14-2-5-16(6-3-14)28-24(30)23-11-10-21(32-23)15-4-8-18(26)19(27)12-15/h2-13H,1H3,(H,28,30). The number of methoxy groups -OCH3 is 1. The summed E-state index contributed by atoms with van der Waals surface area (Å²) in [6.45, 7) is 0. The van der Waals surface area contributed by atoms with E-state index in [0.717, 1.165) is 11.1 Å². The van der Waals surface area contributed by atoms with Gasteiger partial charge in [0.25, 0.3) is 5.91 Å². The fourth-order valence-electron chi connectivity index (χ4n) is 3.31. The van der Waals surface area contributed by atoms with Gasteiger partial charge in [-0.2, -0.15) is 0 Å². The van der Waals surface area contributed by atoms with Crippen LogP contribution in [0.1, 0.15) is 10.6 Å². The third kappa shape index (κ3) is 4.31. The fraction of sp³-hybridized carbons (Fsp3) is 0.0400. The van der Waals surface area contributed by atoms with Gasteiger partial charge in [0.2, 0.25) is 5.89 Å². The van der Waals surface area contributed by atoms with Crippen LogP contribution in [0.5, 0.6) is 5.75 Å². The molecule has 2 aromatic heterocycles. The Morgan fingerprint density at radius 3 is 2.42 bits per heavy atom. The molecular formula is C25H16Cl2N2O4. The number of halogens is 2. The SMILES string of the molecule is COc1ccc2oc(-c3ccc(NC(=O)c4ccc(-c5ccc(Cl)c(Cl)c5)o4)cc3)nc2c1. The Balaban J connectivity index is 1.31. The molecule has 0 saturated carbocycles. The van der Waals surface area contributed by atoms with E-state index in [1.807, 2.05) is 30.3 Å². The molecule has 6 nitrogen and oxygen atoms in total. The molecule has 0 atom stereocenters. The van der Waals surface area contributed by atoms with Gasteiger partial charge >= 0.3 is 0 Å². The van der Waals surface area contributed by atoms with E-state index in [-0.39, 0.29) is 11.7 Å². The van der Waals surface area contributed by atoms with Crippen LogP contribution in [0.2, 0.25) is 10.0 Å². The molecule has 0 bridgehead atoms. The Kier molecular flexibility index (Phi) is 5.54. The van der Waals surface area contributed by atoms with Crippen LogP contribution in [0.25, 0.3) is 33.9 Å². The van der Waals surface area contributed by atoms with Crippen molar-refractivity contribution in [3.8, 4) is 28.5 Å². The van der Waals surface area contributed by atoms with Crippen molar-refractivity contribution in [3.05, 3.63) is 88.6 Å². The van der Waals surface area contributed by atoms with Crippen molar-refractivity contribution in [3.63, 3.8) is 0 Å². The van der Waals surface area contributed by atoms with Crippen LogP contribution in [0.3, 0.4) is 0 Å². The Morgan fingerprint density at radius 2 is 1.67 bits per heavy atom. The van der Waals surface area contributed by atoms with E-state index in [4.69, 9.17) is 36.8 Å². The molecular weight excluding hydrogens is 463 g/mol. The van der Waals surface area contributed by atoms with Crippen molar-refractivity contribution in [1.82, 2.24) is 4.98 Å². The minimum absolute atomic E-state index is 0.174. The molecule has 5 aromatic rings. The second-order valence-electron chi connectivity index (χ2n) is 7.18. The summed E-state index contributed by atoms with van der Waals surface area (Å²) in [7, 11) is 1.60. The van der Waals surface area contributed by atoms with E-state index in [0.29, 0.717) is 44.2 Å². The van der Waals surface area contributed by atoms with Gasteiger partial charge in [0.05, 0.1) is 17.2 Å². The quantitative estimate of drug-likeness (QED) is 0.286. The number of fused-ring (bicyclic) bond motifs is 1. The molecule has 3 aromatic carbocycles. The van der Waals surface area contributed by atoms with Crippen molar-refractivity contribution in [2.75, 3.05) is 12.4 Å². The van der Waals surface area contributed by atoms with Crippen LogP contribution in [0, 0.1) is 0 Å². The van der Waals surface area contributed by atoms with Gasteiger partial charge in [-0.25, -0.2) is 4.98 Å². The van der Waals surface area contributed by atoms with E-state index >= 15 is 0 Å². The number of aromatic nitrogens is 1. The van der Waals surface area contributed by atoms with Crippen LogP contribution in [0.4, 0.5) is 5.69 Å². The number of hydrogen-bond acceptors (Lipinski definition) is 5. The highest BCUT2D eigenvalue weighted by atomic mass is 35.5. The van der Waals surface area contributed by atoms with Gasteiger partial charge in [-0.3, -0.25) is 4.79 Å². The number of rotatable bonds is 5. The lowest BCUT2D eigenvalue weighted by molar-refractivity contribution is 0.0997. The zero-order valence-corrected chi connectivity index (χ0v) is 18.8. The van der Waals surface area contributed by atoms with Crippen molar-refractivity contribution < 1.29 is 18.4 Å². The maximum absolute atomic E-state index is 12.6. The zero-order chi connectivity index (χ0) is 22.9. The Hall–Kier alpha value is -3.74. The molecule has 5 rings (SSSR count). The third-order valence-electron chi connectivity index (χ3n) is 5.02. The molecule has 0 unspecified atom stereocenters. The molecule has 0 radical (unpaired) electrons. The largest absolute Gasteiger partial charge is 0.497 e. The lowest BCUT2D eigenvalue weighted by Crippen LogP contribution is -2.10. The fourth-order valence-corrected chi connectivity index (χ4v) is 3.61. The zero-order valence-electron chi connectivity index (χ0n) is 17.3. The first kappa shape index (κ1) is 21.1. The molecule has 1 N–H and O–H groups in total. The smallest absolute Gasteiger partial charge is 0.291 e.